The molecule has 0 spiro atoms. The zero-order valence-electron chi connectivity index (χ0n) is 7.49. The number of imidazole rings is 1. The second-order valence-electron chi connectivity index (χ2n) is 2.96. The molecule has 1 aromatic heterocycles. The van der Waals surface area contributed by atoms with Crippen LogP contribution in [0.25, 0.3) is 11.0 Å². The quantitative estimate of drug-likeness (QED) is 0.579. The van der Waals surface area contributed by atoms with Gasteiger partial charge in [-0.05, 0) is 29.8 Å². The summed E-state index contributed by atoms with van der Waals surface area (Å²) < 4.78 is 1.90. The molecule has 0 aliphatic heterocycles. The molecule has 1 N–H and O–H groups in total. The Hall–Kier alpha value is -1.55. The van der Waals surface area contributed by atoms with Crippen LogP contribution in [0, 0.1) is 0 Å². The minimum atomic E-state index is -0.597. The van der Waals surface area contributed by atoms with Gasteiger partial charge in [0.1, 0.15) is 0 Å². The highest BCUT2D eigenvalue weighted by atomic mass is 35.5. The maximum atomic E-state index is 10.6. The monoisotopic (exact) mass is 209 g/mol. The maximum Gasteiger partial charge on any atom is 0.318 e. The van der Waals surface area contributed by atoms with Crippen molar-refractivity contribution >= 4 is 33.7 Å². The van der Waals surface area contributed by atoms with E-state index in [1.54, 1.807) is 18.5 Å². The number of anilines is 1. The van der Waals surface area contributed by atoms with Crippen molar-refractivity contribution in [1.29, 1.82) is 0 Å². The number of aryl methyl sites for hydroxylation is 1. The summed E-state index contributed by atoms with van der Waals surface area (Å²) in [5.74, 6) is 0. The van der Waals surface area contributed by atoms with Crippen LogP contribution in [0.15, 0.2) is 24.5 Å². The number of amides is 1. The number of carbonyl (C=O) groups is 1. The maximum absolute atomic E-state index is 10.6. The van der Waals surface area contributed by atoms with Crippen molar-refractivity contribution in [2.45, 2.75) is 0 Å². The summed E-state index contributed by atoms with van der Waals surface area (Å²) in [4.78, 5) is 14.7. The first-order chi connectivity index (χ1) is 6.66. The number of nitrogens with one attached hydrogen (secondary N) is 1. The number of carbonyl (C=O) groups excluding carboxylic acids is 1. The molecule has 1 amide bonds. The fourth-order valence-electron chi connectivity index (χ4n) is 1.33. The molecule has 0 fully saturated rings. The Morgan fingerprint density at radius 1 is 1.57 bits per heavy atom. The van der Waals surface area contributed by atoms with Gasteiger partial charge in [0.05, 0.1) is 17.4 Å². The van der Waals surface area contributed by atoms with Crippen molar-refractivity contribution < 1.29 is 4.79 Å². The molecule has 0 saturated heterocycles. The molecule has 0 saturated carbocycles. The van der Waals surface area contributed by atoms with Crippen LogP contribution < -0.4 is 5.32 Å². The molecule has 0 aliphatic rings. The molecule has 0 radical (unpaired) electrons. The molecule has 2 rings (SSSR count). The number of aromatic nitrogens is 2. The Bertz CT molecular complexity index is 492. The average molecular weight is 210 g/mol. The smallest absolute Gasteiger partial charge is 0.318 e. The van der Waals surface area contributed by atoms with Crippen LogP contribution in [0.2, 0.25) is 0 Å². The molecule has 1 aromatic carbocycles. The predicted molar refractivity (Wildman–Crippen MR) is 55.6 cm³/mol. The molecule has 1 heterocycles. The highest BCUT2D eigenvalue weighted by Gasteiger charge is 2.02. The molecule has 4 nitrogen and oxygen atoms in total. The van der Waals surface area contributed by atoms with Gasteiger partial charge in [-0.15, -0.1) is 0 Å². The van der Waals surface area contributed by atoms with Gasteiger partial charge in [-0.1, -0.05) is 0 Å². The first kappa shape index (κ1) is 9.02. The molecule has 0 bridgehead atoms. The van der Waals surface area contributed by atoms with Gasteiger partial charge in [0.15, 0.2) is 0 Å². The number of nitrogens with zero attached hydrogens (tertiary/aromatic N) is 2. The molecule has 0 unspecified atom stereocenters. The SMILES string of the molecule is Cn1cnc2cc(NC(=O)Cl)ccc21. The van der Waals surface area contributed by atoms with Crippen molar-refractivity contribution in [3.8, 4) is 0 Å². The minimum Gasteiger partial charge on any atom is -0.334 e. The Balaban J connectivity index is 2.46. The Morgan fingerprint density at radius 2 is 2.36 bits per heavy atom. The topological polar surface area (TPSA) is 46.9 Å². The van der Waals surface area contributed by atoms with Crippen molar-refractivity contribution in [3.63, 3.8) is 0 Å². The van der Waals surface area contributed by atoms with Crippen LogP contribution in [0.1, 0.15) is 0 Å². The molecular formula is C9H8ClN3O. The van der Waals surface area contributed by atoms with E-state index in [-0.39, 0.29) is 0 Å². The van der Waals surface area contributed by atoms with Gasteiger partial charge in [0.2, 0.25) is 0 Å². The van der Waals surface area contributed by atoms with E-state index in [0.717, 1.165) is 11.0 Å². The van der Waals surface area contributed by atoms with Gasteiger partial charge in [0.25, 0.3) is 0 Å². The fourth-order valence-corrected chi connectivity index (χ4v) is 1.44. The van der Waals surface area contributed by atoms with E-state index < -0.39 is 5.37 Å². The lowest BCUT2D eigenvalue weighted by Gasteiger charge is -2.00. The van der Waals surface area contributed by atoms with Gasteiger partial charge in [0, 0.05) is 12.7 Å². The predicted octanol–water partition coefficient (Wildman–Crippen LogP) is 2.34. The molecular weight excluding hydrogens is 202 g/mol. The third-order valence-electron chi connectivity index (χ3n) is 1.97. The van der Waals surface area contributed by atoms with Crippen LogP contribution in [-0.2, 0) is 7.05 Å². The number of hydrogen-bond donors (Lipinski definition) is 1. The number of halogens is 1. The second-order valence-corrected chi connectivity index (χ2v) is 3.30. The van der Waals surface area contributed by atoms with Crippen molar-refractivity contribution in [3.05, 3.63) is 24.5 Å². The molecule has 0 aliphatic carbocycles. The average Bonchev–Trinajstić information content (AvgIpc) is 2.46. The van der Waals surface area contributed by atoms with Gasteiger partial charge >= 0.3 is 5.37 Å². The van der Waals surface area contributed by atoms with Crippen LogP contribution >= 0.6 is 11.6 Å². The molecule has 5 heteroatoms. The zero-order valence-corrected chi connectivity index (χ0v) is 8.25. The van der Waals surface area contributed by atoms with E-state index in [9.17, 15) is 4.79 Å². The van der Waals surface area contributed by atoms with E-state index in [4.69, 9.17) is 11.6 Å². The zero-order chi connectivity index (χ0) is 10.1. The lowest BCUT2D eigenvalue weighted by atomic mass is 10.3. The molecule has 72 valence electrons. The molecule has 0 atom stereocenters. The van der Waals surface area contributed by atoms with Crippen molar-refractivity contribution in [1.82, 2.24) is 9.55 Å². The van der Waals surface area contributed by atoms with Gasteiger partial charge < -0.3 is 9.88 Å². The highest BCUT2D eigenvalue weighted by molar-refractivity contribution is 6.65. The number of hydrogen-bond acceptors (Lipinski definition) is 2. The normalized spacial score (nSPS) is 10.4. The summed E-state index contributed by atoms with van der Waals surface area (Å²) >= 11 is 5.19. The first-order valence-electron chi connectivity index (χ1n) is 4.04. The summed E-state index contributed by atoms with van der Waals surface area (Å²) in [6.45, 7) is 0. The largest absolute Gasteiger partial charge is 0.334 e. The van der Waals surface area contributed by atoms with Gasteiger partial charge in [-0.3, -0.25) is 4.79 Å². The molecule has 14 heavy (non-hydrogen) atoms. The Labute approximate surface area is 85.5 Å². The Morgan fingerprint density at radius 3 is 3.07 bits per heavy atom. The van der Waals surface area contributed by atoms with Crippen LogP contribution in [0.5, 0.6) is 0 Å². The third-order valence-corrected chi connectivity index (χ3v) is 2.06. The van der Waals surface area contributed by atoms with Crippen molar-refractivity contribution in [2.75, 3.05) is 5.32 Å². The summed E-state index contributed by atoms with van der Waals surface area (Å²) in [6.07, 6.45) is 1.72. The highest BCUT2D eigenvalue weighted by Crippen LogP contribution is 2.17. The summed E-state index contributed by atoms with van der Waals surface area (Å²) in [6, 6.07) is 5.43. The lowest BCUT2D eigenvalue weighted by Crippen LogP contribution is -2.00. The van der Waals surface area contributed by atoms with E-state index in [1.165, 1.54) is 0 Å². The third kappa shape index (κ3) is 1.56. The lowest BCUT2D eigenvalue weighted by molar-refractivity contribution is 0.269. The second kappa shape index (κ2) is 3.31. The first-order valence-corrected chi connectivity index (χ1v) is 4.42. The van der Waals surface area contributed by atoms with E-state index in [1.807, 2.05) is 17.7 Å². The van der Waals surface area contributed by atoms with Crippen LogP contribution in [-0.4, -0.2) is 14.9 Å². The van der Waals surface area contributed by atoms with E-state index >= 15 is 0 Å². The van der Waals surface area contributed by atoms with Crippen molar-refractivity contribution in [2.24, 2.45) is 7.05 Å². The molecule has 2 aromatic rings. The Kier molecular flexibility index (Phi) is 2.13. The van der Waals surface area contributed by atoms with Crippen LogP contribution in [0.4, 0.5) is 10.5 Å². The van der Waals surface area contributed by atoms with E-state index in [0.29, 0.717) is 5.69 Å². The number of rotatable bonds is 1. The minimum absolute atomic E-state index is 0.597. The summed E-state index contributed by atoms with van der Waals surface area (Å²) in [5.41, 5.74) is 2.49. The summed E-state index contributed by atoms with van der Waals surface area (Å²) in [5, 5.41) is 1.89. The number of benzene rings is 1. The summed E-state index contributed by atoms with van der Waals surface area (Å²) in [7, 11) is 1.91. The number of fused-ring (bicyclic) bond motifs is 1. The fraction of sp³-hybridized carbons (Fsp3) is 0.111. The van der Waals surface area contributed by atoms with Gasteiger partial charge in [-0.25, -0.2) is 4.98 Å². The van der Waals surface area contributed by atoms with Gasteiger partial charge in [-0.2, -0.15) is 0 Å². The van der Waals surface area contributed by atoms with Crippen LogP contribution in [0.3, 0.4) is 0 Å². The standard InChI is InChI=1S/C9H8ClN3O/c1-13-5-11-7-4-6(12-9(10)14)2-3-8(7)13/h2-5H,1H3,(H,12,14). The van der Waals surface area contributed by atoms with E-state index in [2.05, 4.69) is 10.3 Å².